The van der Waals surface area contributed by atoms with Gasteiger partial charge in [0.05, 0.1) is 24.9 Å². The van der Waals surface area contributed by atoms with E-state index >= 15 is 0 Å². The van der Waals surface area contributed by atoms with Crippen LogP contribution in [0.1, 0.15) is 12.8 Å². The highest BCUT2D eigenvalue weighted by atomic mass is 32.2. The molecule has 1 saturated heterocycles. The average Bonchev–Trinajstić information content (AvgIpc) is 3.30. The number of para-hydroxylation sites is 1. The largest absolute Gasteiger partial charge is 0.492 e. The number of nitrogens with zero attached hydrogens (tertiary/aromatic N) is 4. The first kappa shape index (κ1) is 17.7. The molecule has 1 aliphatic rings. The molecule has 0 bridgehead atoms. The molecule has 25 heavy (non-hydrogen) atoms. The van der Waals surface area contributed by atoms with Gasteiger partial charge in [0.25, 0.3) is 0 Å². The summed E-state index contributed by atoms with van der Waals surface area (Å²) in [7, 11) is 0. The number of carbonyl (C=O) groups excluding carboxylic acids is 1. The second kappa shape index (κ2) is 9.38. The van der Waals surface area contributed by atoms with Crippen molar-refractivity contribution in [3.63, 3.8) is 0 Å². The number of thioether (sulfide) groups is 1. The van der Waals surface area contributed by atoms with E-state index in [-0.39, 0.29) is 17.8 Å². The van der Waals surface area contributed by atoms with Crippen molar-refractivity contribution < 1.29 is 14.3 Å². The van der Waals surface area contributed by atoms with Crippen molar-refractivity contribution in [3.8, 4) is 5.75 Å². The maximum Gasteiger partial charge on any atom is 0.230 e. The van der Waals surface area contributed by atoms with Crippen LogP contribution in [0.3, 0.4) is 0 Å². The summed E-state index contributed by atoms with van der Waals surface area (Å²) in [5.74, 6) is 0.977. The van der Waals surface area contributed by atoms with E-state index in [4.69, 9.17) is 9.47 Å². The molecule has 1 amide bonds. The summed E-state index contributed by atoms with van der Waals surface area (Å²) >= 11 is 1.32. The molecule has 1 unspecified atom stereocenters. The van der Waals surface area contributed by atoms with E-state index in [0.29, 0.717) is 24.9 Å². The SMILES string of the molecule is O=C(CSc1nnnn1CC1CCCO1)NCCOc1ccccc1. The molecule has 1 fully saturated rings. The molecule has 1 aromatic heterocycles. The summed E-state index contributed by atoms with van der Waals surface area (Å²) in [5, 5.41) is 15.1. The molecule has 1 aromatic carbocycles. The Bertz CT molecular complexity index is 661. The van der Waals surface area contributed by atoms with Crippen LogP contribution in [0.25, 0.3) is 0 Å². The fourth-order valence-corrected chi connectivity index (χ4v) is 3.17. The minimum Gasteiger partial charge on any atom is -0.492 e. The maximum absolute atomic E-state index is 11.9. The Balaban J connectivity index is 1.34. The van der Waals surface area contributed by atoms with Crippen molar-refractivity contribution in [2.45, 2.75) is 30.6 Å². The summed E-state index contributed by atoms with van der Waals surface area (Å²) in [6, 6.07) is 9.51. The summed E-state index contributed by atoms with van der Waals surface area (Å²) in [6.07, 6.45) is 2.25. The van der Waals surface area contributed by atoms with Gasteiger partial charge in [-0.25, -0.2) is 4.68 Å². The zero-order chi connectivity index (χ0) is 17.3. The van der Waals surface area contributed by atoms with Crippen LogP contribution in [0.4, 0.5) is 0 Å². The van der Waals surface area contributed by atoms with Gasteiger partial charge in [-0.2, -0.15) is 0 Å². The van der Waals surface area contributed by atoms with Gasteiger partial charge < -0.3 is 14.8 Å². The highest BCUT2D eigenvalue weighted by molar-refractivity contribution is 7.99. The Morgan fingerprint density at radius 3 is 3.08 bits per heavy atom. The van der Waals surface area contributed by atoms with Crippen LogP contribution in [0, 0.1) is 0 Å². The van der Waals surface area contributed by atoms with Gasteiger partial charge in [-0.15, -0.1) is 5.10 Å². The lowest BCUT2D eigenvalue weighted by Crippen LogP contribution is -2.29. The van der Waals surface area contributed by atoms with Crippen molar-refractivity contribution in [2.75, 3.05) is 25.5 Å². The Hall–Kier alpha value is -2.13. The van der Waals surface area contributed by atoms with Crippen LogP contribution in [-0.4, -0.2) is 57.7 Å². The van der Waals surface area contributed by atoms with Crippen LogP contribution >= 0.6 is 11.8 Å². The third-order valence-corrected chi connectivity index (χ3v) is 4.63. The van der Waals surface area contributed by atoms with Gasteiger partial charge >= 0.3 is 0 Å². The Labute approximate surface area is 150 Å². The number of hydrogen-bond donors (Lipinski definition) is 1. The number of amides is 1. The van der Waals surface area contributed by atoms with E-state index < -0.39 is 0 Å². The predicted molar refractivity (Wildman–Crippen MR) is 92.5 cm³/mol. The smallest absolute Gasteiger partial charge is 0.230 e. The summed E-state index contributed by atoms with van der Waals surface area (Å²) in [6.45, 7) is 2.30. The van der Waals surface area contributed by atoms with Gasteiger partial charge in [-0.3, -0.25) is 4.79 Å². The van der Waals surface area contributed by atoms with E-state index in [0.717, 1.165) is 25.2 Å². The average molecular weight is 363 g/mol. The van der Waals surface area contributed by atoms with Gasteiger partial charge in [-0.05, 0) is 35.4 Å². The number of hydrogen-bond acceptors (Lipinski definition) is 7. The number of nitrogens with one attached hydrogen (secondary N) is 1. The highest BCUT2D eigenvalue weighted by Crippen LogP contribution is 2.18. The monoisotopic (exact) mass is 363 g/mol. The molecule has 0 saturated carbocycles. The standard InChI is InChI=1S/C16H21N5O3S/c22-15(17-8-10-24-13-5-2-1-3-6-13)12-25-16-18-19-20-21(16)11-14-7-4-9-23-14/h1-3,5-6,14H,4,7-12H2,(H,17,22). The lowest BCUT2D eigenvalue weighted by Gasteiger charge is -2.10. The van der Waals surface area contributed by atoms with Crippen LogP contribution in [0.15, 0.2) is 35.5 Å². The lowest BCUT2D eigenvalue weighted by atomic mass is 10.2. The molecule has 0 spiro atoms. The van der Waals surface area contributed by atoms with Crippen molar-refractivity contribution in [3.05, 3.63) is 30.3 Å². The molecule has 1 aliphatic heterocycles. The Morgan fingerprint density at radius 2 is 2.28 bits per heavy atom. The molecule has 2 aromatic rings. The molecule has 134 valence electrons. The Morgan fingerprint density at radius 1 is 1.40 bits per heavy atom. The van der Waals surface area contributed by atoms with E-state index in [1.165, 1.54) is 11.8 Å². The molecular weight excluding hydrogens is 342 g/mol. The van der Waals surface area contributed by atoms with E-state index in [1.807, 2.05) is 30.3 Å². The minimum absolute atomic E-state index is 0.0756. The van der Waals surface area contributed by atoms with Crippen molar-refractivity contribution in [1.29, 1.82) is 0 Å². The first-order valence-corrected chi connectivity index (χ1v) is 9.25. The predicted octanol–water partition coefficient (Wildman–Crippen LogP) is 1.14. The molecule has 2 heterocycles. The van der Waals surface area contributed by atoms with Crippen LogP contribution in [0.2, 0.25) is 0 Å². The number of carbonyl (C=O) groups is 1. The molecule has 0 aliphatic carbocycles. The molecular formula is C16H21N5O3S. The molecule has 0 radical (unpaired) electrons. The summed E-state index contributed by atoms with van der Waals surface area (Å²) in [5.41, 5.74) is 0. The zero-order valence-electron chi connectivity index (χ0n) is 13.8. The minimum atomic E-state index is -0.0756. The van der Waals surface area contributed by atoms with Crippen LogP contribution < -0.4 is 10.1 Å². The first-order valence-electron chi connectivity index (χ1n) is 8.26. The molecule has 1 atom stereocenters. The molecule has 3 rings (SSSR count). The van der Waals surface area contributed by atoms with Crippen molar-refractivity contribution in [1.82, 2.24) is 25.5 Å². The van der Waals surface area contributed by atoms with E-state index in [9.17, 15) is 4.79 Å². The molecule has 1 N–H and O–H groups in total. The number of rotatable bonds is 9. The topological polar surface area (TPSA) is 91.2 Å². The third kappa shape index (κ3) is 5.71. The quantitative estimate of drug-likeness (QED) is 0.528. The van der Waals surface area contributed by atoms with Gasteiger partial charge in [0.2, 0.25) is 11.1 Å². The second-order valence-corrected chi connectivity index (χ2v) is 6.52. The van der Waals surface area contributed by atoms with Crippen LogP contribution in [-0.2, 0) is 16.1 Å². The number of aromatic nitrogens is 4. The maximum atomic E-state index is 11.9. The molecule has 8 nitrogen and oxygen atoms in total. The van der Waals surface area contributed by atoms with Crippen molar-refractivity contribution >= 4 is 17.7 Å². The van der Waals surface area contributed by atoms with E-state index in [2.05, 4.69) is 20.8 Å². The first-order chi connectivity index (χ1) is 12.3. The summed E-state index contributed by atoms with van der Waals surface area (Å²) < 4.78 is 12.8. The van der Waals surface area contributed by atoms with Gasteiger partial charge in [0.1, 0.15) is 12.4 Å². The number of benzene rings is 1. The zero-order valence-corrected chi connectivity index (χ0v) is 14.7. The van der Waals surface area contributed by atoms with Gasteiger partial charge in [0, 0.05) is 6.61 Å². The van der Waals surface area contributed by atoms with Crippen molar-refractivity contribution in [2.24, 2.45) is 0 Å². The third-order valence-electron chi connectivity index (χ3n) is 3.67. The fraction of sp³-hybridized carbons (Fsp3) is 0.500. The van der Waals surface area contributed by atoms with Gasteiger partial charge in [-0.1, -0.05) is 30.0 Å². The molecule has 9 heteroatoms. The van der Waals surface area contributed by atoms with E-state index in [1.54, 1.807) is 4.68 Å². The van der Waals surface area contributed by atoms with Gasteiger partial charge in [0.15, 0.2) is 0 Å². The Kier molecular flexibility index (Phi) is 6.63. The second-order valence-electron chi connectivity index (χ2n) is 5.58. The van der Waals surface area contributed by atoms with Crippen LogP contribution in [0.5, 0.6) is 5.75 Å². The number of ether oxygens (including phenoxy) is 2. The lowest BCUT2D eigenvalue weighted by molar-refractivity contribution is -0.118. The summed E-state index contributed by atoms with van der Waals surface area (Å²) in [4.78, 5) is 11.9. The normalized spacial score (nSPS) is 16.7. The fourth-order valence-electron chi connectivity index (χ4n) is 2.45. The number of tetrazole rings is 1. The highest BCUT2D eigenvalue weighted by Gasteiger charge is 2.19.